The van der Waals surface area contributed by atoms with E-state index >= 15 is 0 Å². The van der Waals surface area contributed by atoms with Crippen molar-refractivity contribution in [3.05, 3.63) is 57.2 Å². The zero-order chi connectivity index (χ0) is 13.1. The molecule has 0 aliphatic rings. The normalized spacial score (nSPS) is 10.1. The average Bonchev–Trinajstić information content (AvgIpc) is 2.31. The van der Waals surface area contributed by atoms with E-state index in [9.17, 15) is 10.1 Å². The van der Waals surface area contributed by atoms with Crippen LogP contribution in [-0.2, 0) is 0 Å². The van der Waals surface area contributed by atoms with E-state index in [4.69, 9.17) is 16.3 Å². The summed E-state index contributed by atoms with van der Waals surface area (Å²) in [4.78, 5) is 14.3. The summed E-state index contributed by atoms with van der Waals surface area (Å²) in [5, 5.41) is 11.1. The molecule has 1 aromatic carbocycles. The quantitative estimate of drug-likeness (QED) is 0.481. The van der Waals surface area contributed by atoms with Crippen LogP contribution in [0, 0.1) is 17.0 Å². The Balaban J connectivity index is 2.30. The fraction of sp³-hybridized carbons (Fsp3) is 0.0833. The molecule has 0 aliphatic heterocycles. The van der Waals surface area contributed by atoms with E-state index in [1.54, 1.807) is 37.3 Å². The lowest BCUT2D eigenvalue weighted by atomic mass is 10.2. The third-order valence-corrected chi connectivity index (χ3v) is 2.50. The minimum Gasteiger partial charge on any atom is -0.439 e. The molecule has 0 radical (unpaired) electrons. The molecule has 2 aromatic rings. The van der Waals surface area contributed by atoms with E-state index in [0.717, 1.165) is 0 Å². The van der Waals surface area contributed by atoms with E-state index in [0.29, 0.717) is 22.3 Å². The molecule has 6 heteroatoms. The number of nitro benzene ring substituents is 1. The number of halogens is 1. The molecule has 0 amide bonds. The molecule has 1 aromatic heterocycles. The highest BCUT2D eigenvalue weighted by molar-refractivity contribution is 6.29. The van der Waals surface area contributed by atoms with Crippen LogP contribution in [0.2, 0.25) is 5.15 Å². The Hall–Kier alpha value is -2.14. The highest BCUT2D eigenvalue weighted by atomic mass is 35.5. The van der Waals surface area contributed by atoms with Gasteiger partial charge in [-0.3, -0.25) is 10.1 Å². The topological polar surface area (TPSA) is 65.3 Å². The molecule has 0 fully saturated rings. The van der Waals surface area contributed by atoms with Crippen molar-refractivity contribution in [1.29, 1.82) is 0 Å². The van der Waals surface area contributed by atoms with Gasteiger partial charge in [0.25, 0.3) is 5.69 Å². The van der Waals surface area contributed by atoms with Gasteiger partial charge in [0.05, 0.1) is 11.0 Å². The number of benzene rings is 1. The van der Waals surface area contributed by atoms with Crippen molar-refractivity contribution >= 4 is 17.3 Å². The predicted octanol–water partition coefficient (Wildman–Crippen LogP) is 3.74. The van der Waals surface area contributed by atoms with Crippen LogP contribution in [0.1, 0.15) is 5.56 Å². The van der Waals surface area contributed by atoms with E-state index < -0.39 is 4.92 Å². The van der Waals surface area contributed by atoms with E-state index in [-0.39, 0.29) is 5.69 Å². The second-order valence-corrected chi connectivity index (χ2v) is 3.99. The predicted molar refractivity (Wildman–Crippen MR) is 67.2 cm³/mol. The van der Waals surface area contributed by atoms with Crippen LogP contribution in [0.25, 0.3) is 0 Å². The Bertz CT molecular complexity index is 602. The van der Waals surface area contributed by atoms with Crippen molar-refractivity contribution in [2.75, 3.05) is 0 Å². The molecular weight excluding hydrogens is 256 g/mol. The molecule has 92 valence electrons. The molecule has 0 saturated heterocycles. The third kappa shape index (κ3) is 2.75. The average molecular weight is 265 g/mol. The fourth-order valence-electron chi connectivity index (χ4n) is 1.42. The van der Waals surface area contributed by atoms with E-state index in [2.05, 4.69) is 4.98 Å². The Morgan fingerprint density at radius 3 is 2.78 bits per heavy atom. The molecule has 0 saturated carbocycles. The van der Waals surface area contributed by atoms with Crippen LogP contribution < -0.4 is 4.74 Å². The second-order valence-electron chi connectivity index (χ2n) is 3.61. The van der Waals surface area contributed by atoms with Crippen LogP contribution in [0.3, 0.4) is 0 Å². The maximum atomic E-state index is 10.8. The molecule has 0 bridgehead atoms. The number of aromatic nitrogens is 1. The molecule has 2 rings (SSSR count). The van der Waals surface area contributed by atoms with Crippen LogP contribution in [0.5, 0.6) is 11.6 Å². The van der Waals surface area contributed by atoms with Crippen LogP contribution >= 0.6 is 11.6 Å². The van der Waals surface area contributed by atoms with Crippen molar-refractivity contribution in [3.63, 3.8) is 0 Å². The van der Waals surface area contributed by atoms with Gasteiger partial charge in [0.15, 0.2) is 0 Å². The summed E-state index contributed by atoms with van der Waals surface area (Å²) in [6, 6.07) is 9.55. The molecule has 18 heavy (non-hydrogen) atoms. The second kappa shape index (κ2) is 5.01. The number of nitro groups is 1. The lowest BCUT2D eigenvalue weighted by molar-refractivity contribution is -0.385. The van der Waals surface area contributed by atoms with Gasteiger partial charge in [0.2, 0.25) is 5.88 Å². The van der Waals surface area contributed by atoms with Gasteiger partial charge >= 0.3 is 0 Å². The van der Waals surface area contributed by atoms with E-state index in [1.165, 1.54) is 6.07 Å². The molecule has 0 unspecified atom stereocenters. The standard InChI is InChI=1S/C12H9ClN2O3/c1-8-5-6-9(7-10(8)15(16)17)18-12-4-2-3-11(13)14-12/h2-7H,1H3. The van der Waals surface area contributed by atoms with E-state index in [1.807, 2.05) is 0 Å². The lowest BCUT2D eigenvalue weighted by Crippen LogP contribution is -1.93. The van der Waals surface area contributed by atoms with Gasteiger partial charge in [-0.1, -0.05) is 17.7 Å². The monoisotopic (exact) mass is 264 g/mol. The largest absolute Gasteiger partial charge is 0.439 e. The first-order chi connectivity index (χ1) is 8.56. The van der Waals surface area contributed by atoms with Crippen molar-refractivity contribution in [2.45, 2.75) is 6.92 Å². The molecular formula is C12H9ClN2O3. The summed E-state index contributed by atoms with van der Waals surface area (Å²) in [5.41, 5.74) is 0.584. The van der Waals surface area contributed by atoms with Crippen LogP contribution in [-0.4, -0.2) is 9.91 Å². The summed E-state index contributed by atoms with van der Waals surface area (Å²) >= 11 is 5.72. The highest BCUT2D eigenvalue weighted by Gasteiger charge is 2.12. The molecule has 0 atom stereocenters. The van der Waals surface area contributed by atoms with Gasteiger partial charge in [-0.15, -0.1) is 0 Å². The zero-order valence-electron chi connectivity index (χ0n) is 9.46. The van der Waals surface area contributed by atoms with Gasteiger partial charge in [-0.25, -0.2) is 4.98 Å². The number of nitrogens with zero attached hydrogens (tertiary/aromatic N) is 2. The number of aryl methyl sites for hydroxylation is 1. The van der Waals surface area contributed by atoms with Gasteiger partial charge in [-0.2, -0.15) is 0 Å². The third-order valence-electron chi connectivity index (χ3n) is 2.29. The Kier molecular flexibility index (Phi) is 3.43. The maximum absolute atomic E-state index is 10.8. The zero-order valence-corrected chi connectivity index (χ0v) is 10.2. The first kappa shape index (κ1) is 12.3. The smallest absolute Gasteiger partial charge is 0.276 e. The minimum atomic E-state index is -0.451. The minimum absolute atomic E-state index is 0.00882. The van der Waals surface area contributed by atoms with Crippen LogP contribution in [0.15, 0.2) is 36.4 Å². The molecule has 5 nitrogen and oxygen atoms in total. The number of hydrogen-bond donors (Lipinski definition) is 0. The first-order valence-electron chi connectivity index (χ1n) is 5.12. The molecule has 0 N–H and O–H groups in total. The molecule has 0 spiro atoms. The van der Waals surface area contributed by atoms with Gasteiger partial charge < -0.3 is 4.74 Å². The maximum Gasteiger partial charge on any atom is 0.276 e. The van der Waals surface area contributed by atoms with Crippen molar-refractivity contribution in [2.24, 2.45) is 0 Å². The van der Waals surface area contributed by atoms with Crippen molar-refractivity contribution in [3.8, 4) is 11.6 Å². The Labute approximate surface area is 108 Å². The number of rotatable bonds is 3. The van der Waals surface area contributed by atoms with Gasteiger partial charge in [0, 0.05) is 11.6 Å². The summed E-state index contributed by atoms with van der Waals surface area (Å²) in [7, 11) is 0. The summed E-state index contributed by atoms with van der Waals surface area (Å²) in [6.45, 7) is 1.67. The molecule has 0 aliphatic carbocycles. The fourth-order valence-corrected chi connectivity index (χ4v) is 1.57. The first-order valence-corrected chi connectivity index (χ1v) is 5.49. The Morgan fingerprint density at radius 1 is 1.33 bits per heavy atom. The number of pyridine rings is 1. The lowest BCUT2D eigenvalue weighted by Gasteiger charge is -2.05. The highest BCUT2D eigenvalue weighted by Crippen LogP contribution is 2.27. The summed E-state index contributed by atoms with van der Waals surface area (Å²) in [5.74, 6) is 0.641. The molecule has 1 heterocycles. The van der Waals surface area contributed by atoms with Gasteiger partial charge in [-0.05, 0) is 25.1 Å². The number of hydrogen-bond acceptors (Lipinski definition) is 4. The van der Waals surface area contributed by atoms with Crippen molar-refractivity contribution in [1.82, 2.24) is 4.98 Å². The summed E-state index contributed by atoms with van der Waals surface area (Å²) in [6.07, 6.45) is 0. The van der Waals surface area contributed by atoms with Crippen LogP contribution in [0.4, 0.5) is 5.69 Å². The Morgan fingerprint density at radius 2 is 2.11 bits per heavy atom. The van der Waals surface area contributed by atoms with Crippen molar-refractivity contribution < 1.29 is 9.66 Å². The number of ether oxygens (including phenoxy) is 1. The SMILES string of the molecule is Cc1ccc(Oc2cccc(Cl)n2)cc1[N+](=O)[O-]. The van der Waals surface area contributed by atoms with Gasteiger partial charge in [0.1, 0.15) is 10.9 Å². The summed E-state index contributed by atoms with van der Waals surface area (Å²) < 4.78 is 5.40.